The standard InChI is InChI=1S/C9H6ClNS2/c10-7-3-1-6(2-4-7)9-11-8(12)5-13-9/h1-5,12H. The summed E-state index contributed by atoms with van der Waals surface area (Å²) in [6, 6.07) is 7.62. The smallest absolute Gasteiger partial charge is 0.124 e. The summed E-state index contributed by atoms with van der Waals surface area (Å²) in [5.74, 6) is 0. The van der Waals surface area contributed by atoms with Crippen molar-refractivity contribution in [1.29, 1.82) is 0 Å². The quantitative estimate of drug-likeness (QED) is 0.733. The first-order valence-corrected chi connectivity index (χ1v) is 5.36. The number of hydrogen-bond donors (Lipinski definition) is 1. The Morgan fingerprint density at radius 2 is 1.92 bits per heavy atom. The first-order valence-electron chi connectivity index (χ1n) is 3.66. The SMILES string of the molecule is Sc1csc(-c2ccc(Cl)cc2)n1. The highest BCUT2D eigenvalue weighted by molar-refractivity contribution is 7.80. The van der Waals surface area contributed by atoms with Crippen molar-refractivity contribution in [1.82, 2.24) is 4.98 Å². The van der Waals surface area contributed by atoms with Gasteiger partial charge in [0.05, 0.1) is 0 Å². The van der Waals surface area contributed by atoms with E-state index in [9.17, 15) is 0 Å². The number of benzene rings is 1. The minimum Gasteiger partial charge on any atom is -0.230 e. The highest BCUT2D eigenvalue weighted by Crippen LogP contribution is 2.25. The van der Waals surface area contributed by atoms with Gasteiger partial charge in [-0.15, -0.1) is 24.0 Å². The predicted molar refractivity (Wildman–Crippen MR) is 59.8 cm³/mol. The lowest BCUT2D eigenvalue weighted by Gasteiger charge is -1.94. The molecular weight excluding hydrogens is 222 g/mol. The second-order valence-electron chi connectivity index (χ2n) is 2.52. The molecule has 0 aliphatic heterocycles. The van der Waals surface area contributed by atoms with Gasteiger partial charge in [0.25, 0.3) is 0 Å². The van der Waals surface area contributed by atoms with Gasteiger partial charge in [-0.3, -0.25) is 0 Å². The molecule has 4 heteroatoms. The van der Waals surface area contributed by atoms with E-state index in [1.165, 1.54) is 0 Å². The molecule has 0 aliphatic rings. The van der Waals surface area contributed by atoms with Crippen LogP contribution in [0.4, 0.5) is 0 Å². The van der Waals surface area contributed by atoms with Crippen LogP contribution in [-0.4, -0.2) is 4.98 Å². The van der Waals surface area contributed by atoms with Gasteiger partial charge < -0.3 is 0 Å². The first kappa shape index (κ1) is 9.06. The number of thiol groups is 1. The number of aromatic nitrogens is 1. The lowest BCUT2D eigenvalue weighted by molar-refractivity contribution is 1.22. The molecule has 0 radical (unpaired) electrons. The monoisotopic (exact) mass is 227 g/mol. The summed E-state index contributed by atoms with van der Waals surface area (Å²) < 4.78 is 0. The van der Waals surface area contributed by atoms with Crippen LogP contribution in [0.3, 0.4) is 0 Å². The zero-order valence-corrected chi connectivity index (χ0v) is 9.03. The second-order valence-corrected chi connectivity index (χ2v) is 4.27. The van der Waals surface area contributed by atoms with Crippen LogP contribution in [0, 0.1) is 0 Å². The molecule has 1 nitrogen and oxygen atoms in total. The van der Waals surface area contributed by atoms with Crippen LogP contribution in [-0.2, 0) is 0 Å². The lowest BCUT2D eigenvalue weighted by atomic mass is 10.2. The van der Waals surface area contributed by atoms with Gasteiger partial charge in [-0.1, -0.05) is 23.7 Å². The van der Waals surface area contributed by atoms with E-state index in [4.69, 9.17) is 11.6 Å². The zero-order chi connectivity index (χ0) is 9.26. The van der Waals surface area contributed by atoms with Crippen LogP contribution in [0.5, 0.6) is 0 Å². The van der Waals surface area contributed by atoms with E-state index in [2.05, 4.69) is 17.6 Å². The van der Waals surface area contributed by atoms with Crippen molar-refractivity contribution >= 4 is 35.6 Å². The Hall–Kier alpha value is -0.510. The summed E-state index contributed by atoms with van der Waals surface area (Å²) in [6.45, 7) is 0. The first-order chi connectivity index (χ1) is 6.25. The van der Waals surface area contributed by atoms with Crippen molar-refractivity contribution in [3.8, 4) is 10.6 Å². The molecule has 2 aromatic rings. The highest BCUT2D eigenvalue weighted by atomic mass is 35.5. The van der Waals surface area contributed by atoms with Gasteiger partial charge in [0.2, 0.25) is 0 Å². The molecule has 0 bridgehead atoms. The molecule has 1 aromatic heterocycles. The summed E-state index contributed by atoms with van der Waals surface area (Å²) in [4.78, 5) is 4.25. The summed E-state index contributed by atoms with van der Waals surface area (Å²) in [5, 5.41) is 4.38. The van der Waals surface area contributed by atoms with Gasteiger partial charge in [0, 0.05) is 16.0 Å². The van der Waals surface area contributed by atoms with Crippen LogP contribution in [0.25, 0.3) is 10.6 Å². The van der Waals surface area contributed by atoms with Crippen molar-refractivity contribution in [2.45, 2.75) is 5.03 Å². The molecule has 0 amide bonds. The van der Waals surface area contributed by atoms with Crippen molar-refractivity contribution in [3.63, 3.8) is 0 Å². The van der Waals surface area contributed by atoms with Crippen molar-refractivity contribution in [2.75, 3.05) is 0 Å². The molecule has 0 saturated carbocycles. The number of thiazole rings is 1. The average Bonchev–Trinajstić information content (AvgIpc) is 2.53. The van der Waals surface area contributed by atoms with Gasteiger partial charge >= 0.3 is 0 Å². The molecule has 66 valence electrons. The van der Waals surface area contributed by atoms with Crippen LogP contribution >= 0.6 is 35.6 Å². The third kappa shape index (κ3) is 2.05. The molecule has 0 atom stereocenters. The highest BCUT2D eigenvalue weighted by Gasteiger charge is 2.01. The Balaban J connectivity index is 2.41. The van der Waals surface area contributed by atoms with E-state index in [0.717, 1.165) is 20.6 Å². The molecular formula is C9H6ClNS2. The zero-order valence-electron chi connectivity index (χ0n) is 6.57. The molecule has 0 aliphatic carbocycles. The predicted octanol–water partition coefficient (Wildman–Crippen LogP) is 3.75. The maximum atomic E-state index is 5.77. The summed E-state index contributed by atoms with van der Waals surface area (Å²) >= 11 is 11.5. The van der Waals surface area contributed by atoms with Gasteiger partial charge in [0.1, 0.15) is 10.0 Å². The van der Waals surface area contributed by atoms with Crippen molar-refractivity contribution in [2.24, 2.45) is 0 Å². The summed E-state index contributed by atoms with van der Waals surface area (Å²) in [7, 11) is 0. The Morgan fingerprint density at radius 3 is 2.46 bits per heavy atom. The minimum absolute atomic E-state index is 0.742. The third-order valence-corrected chi connectivity index (χ3v) is 3.13. The van der Waals surface area contributed by atoms with Crippen molar-refractivity contribution < 1.29 is 0 Å². The van der Waals surface area contributed by atoms with Gasteiger partial charge in [-0.05, 0) is 12.1 Å². The molecule has 0 N–H and O–H groups in total. The van der Waals surface area contributed by atoms with E-state index in [1.54, 1.807) is 11.3 Å². The van der Waals surface area contributed by atoms with Crippen LogP contribution in [0.1, 0.15) is 0 Å². The van der Waals surface area contributed by atoms with Crippen LogP contribution < -0.4 is 0 Å². The number of halogens is 1. The molecule has 0 fully saturated rings. The fourth-order valence-corrected chi connectivity index (χ4v) is 2.14. The average molecular weight is 228 g/mol. The second kappa shape index (κ2) is 3.70. The molecule has 1 heterocycles. The Kier molecular flexibility index (Phi) is 2.58. The lowest BCUT2D eigenvalue weighted by Crippen LogP contribution is -1.74. The normalized spacial score (nSPS) is 10.3. The van der Waals surface area contributed by atoms with E-state index < -0.39 is 0 Å². The Labute approximate surface area is 90.8 Å². The van der Waals surface area contributed by atoms with Crippen LogP contribution in [0.2, 0.25) is 5.02 Å². The van der Waals surface area contributed by atoms with Gasteiger partial charge in [-0.2, -0.15) is 0 Å². The maximum absolute atomic E-state index is 5.77. The Morgan fingerprint density at radius 1 is 1.23 bits per heavy atom. The van der Waals surface area contributed by atoms with E-state index in [0.29, 0.717) is 0 Å². The van der Waals surface area contributed by atoms with Crippen LogP contribution in [0.15, 0.2) is 34.7 Å². The molecule has 2 rings (SSSR count). The molecule has 0 spiro atoms. The number of nitrogens with zero attached hydrogens (tertiary/aromatic N) is 1. The van der Waals surface area contributed by atoms with Gasteiger partial charge in [-0.25, -0.2) is 4.98 Å². The third-order valence-electron chi connectivity index (χ3n) is 1.58. The topological polar surface area (TPSA) is 12.9 Å². The van der Waals surface area contributed by atoms with Gasteiger partial charge in [0.15, 0.2) is 0 Å². The molecule has 0 saturated heterocycles. The maximum Gasteiger partial charge on any atom is 0.124 e. The molecule has 13 heavy (non-hydrogen) atoms. The fraction of sp³-hybridized carbons (Fsp3) is 0. The van der Waals surface area contributed by atoms with E-state index >= 15 is 0 Å². The fourth-order valence-electron chi connectivity index (χ4n) is 0.990. The van der Waals surface area contributed by atoms with E-state index in [1.807, 2.05) is 29.6 Å². The number of hydrogen-bond acceptors (Lipinski definition) is 3. The molecule has 1 aromatic carbocycles. The summed E-state index contributed by atoms with van der Waals surface area (Å²) in [5.41, 5.74) is 1.08. The van der Waals surface area contributed by atoms with Crippen molar-refractivity contribution in [3.05, 3.63) is 34.7 Å². The number of rotatable bonds is 1. The molecule has 0 unspecified atom stereocenters. The largest absolute Gasteiger partial charge is 0.230 e. The Bertz CT molecular complexity index is 408. The minimum atomic E-state index is 0.742. The summed E-state index contributed by atoms with van der Waals surface area (Å²) in [6.07, 6.45) is 0. The van der Waals surface area contributed by atoms with E-state index in [-0.39, 0.29) is 0 Å².